The number of carbonyl (C=O) groups excluding carboxylic acids is 1. The van der Waals surface area contributed by atoms with Crippen molar-refractivity contribution in [2.24, 2.45) is 5.92 Å². The monoisotopic (exact) mass is 198 g/mol. The number of rotatable bonds is 2. The quantitative estimate of drug-likeness (QED) is 0.640. The first kappa shape index (κ1) is 9.81. The summed E-state index contributed by atoms with van der Waals surface area (Å²) in [6.07, 6.45) is 6.63. The highest BCUT2D eigenvalue weighted by Crippen LogP contribution is 2.40. The lowest BCUT2D eigenvalue weighted by Crippen LogP contribution is -2.41. The van der Waals surface area contributed by atoms with Gasteiger partial charge in [-0.1, -0.05) is 26.2 Å². The fourth-order valence-corrected chi connectivity index (χ4v) is 2.70. The molecule has 1 atom stereocenters. The Hall–Kier alpha value is -0.730. The van der Waals surface area contributed by atoms with Gasteiger partial charge in [0.15, 0.2) is 5.60 Å². The molecule has 14 heavy (non-hydrogen) atoms. The molecular formula is C11H18O3. The van der Waals surface area contributed by atoms with Crippen LogP contribution in [0.2, 0.25) is 0 Å². The van der Waals surface area contributed by atoms with Gasteiger partial charge in [0.1, 0.15) is 6.61 Å². The Kier molecular flexibility index (Phi) is 2.66. The molecule has 1 aliphatic heterocycles. The molecule has 1 saturated carbocycles. The van der Waals surface area contributed by atoms with Gasteiger partial charge in [-0.15, -0.1) is 0 Å². The Balaban J connectivity index is 2.06. The second-order valence-corrected chi connectivity index (χ2v) is 4.39. The van der Waals surface area contributed by atoms with E-state index in [2.05, 4.69) is 6.92 Å². The van der Waals surface area contributed by atoms with E-state index in [1.165, 1.54) is 32.1 Å². The fraction of sp³-hybridized carbons (Fsp3) is 0.909. The molecule has 0 aromatic carbocycles. The van der Waals surface area contributed by atoms with Gasteiger partial charge in [0.2, 0.25) is 0 Å². The molecule has 1 saturated heterocycles. The molecule has 2 fully saturated rings. The predicted octanol–water partition coefficient (Wildman–Crippen LogP) is 2.88. The second kappa shape index (κ2) is 3.79. The zero-order valence-electron chi connectivity index (χ0n) is 8.75. The Labute approximate surface area is 84.8 Å². The minimum atomic E-state index is -0.475. The average molecular weight is 198 g/mol. The maximum atomic E-state index is 11.0. The molecule has 0 aromatic rings. The minimum Gasteiger partial charge on any atom is -0.430 e. The first-order valence-electron chi connectivity index (χ1n) is 5.62. The summed E-state index contributed by atoms with van der Waals surface area (Å²) in [5.41, 5.74) is -0.294. The fourth-order valence-electron chi connectivity index (χ4n) is 2.70. The summed E-state index contributed by atoms with van der Waals surface area (Å²) in [6, 6.07) is 0. The zero-order valence-corrected chi connectivity index (χ0v) is 8.75. The predicted molar refractivity (Wildman–Crippen MR) is 52.0 cm³/mol. The van der Waals surface area contributed by atoms with E-state index < -0.39 is 6.16 Å². The average Bonchev–Trinajstić information content (AvgIpc) is 2.63. The van der Waals surface area contributed by atoms with Crippen LogP contribution in [-0.2, 0) is 9.47 Å². The van der Waals surface area contributed by atoms with Gasteiger partial charge in [-0.3, -0.25) is 0 Å². The van der Waals surface area contributed by atoms with Crippen molar-refractivity contribution in [2.45, 2.75) is 51.0 Å². The molecule has 2 aliphatic rings. The summed E-state index contributed by atoms with van der Waals surface area (Å²) < 4.78 is 10.3. The van der Waals surface area contributed by atoms with Crippen molar-refractivity contribution in [3.8, 4) is 0 Å². The van der Waals surface area contributed by atoms with Crippen molar-refractivity contribution in [1.29, 1.82) is 0 Å². The van der Waals surface area contributed by atoms with E-state index in [1.54, 1.807) is 0 Å². The van der Waals surface area contributed by atoms with Crippen molar-refractivity contribution in [3.05, 3.63) is 0 Å². The molecule has 0 amide bonds. The number of carbonyl (C=O) groups is 1. The van der Waals surface area contributed by atoms with Gasteiger partial charge >= 0.3 is 6.16 Å². The molecule has 1 heterocycles. The maximum absolute atomic E-state index is 11.0. The number of cyclic esters (lactones) is 2. The number of ether oxygens (including phenoxy) is 2. The van der Waals surface area contributed by atoms with Crippen molar-refractivity contribution in [3.63, 3.8) is 0 Å². The lowest BCUT2D eigenvalue weighted by Gasteiger charge is -2.35. The highest BCUT2D eigenvalue weighted by atomic mass is 16.8. The van der Waals surface area contributed by atoms with E-state index in [0.717, 1.165) is 6.42 Å². The third-order valence-corrected chi connectivity index (χ3v) is 3.67. The van der Waals surface area contributed by atoms with Crippen molar-refractivity contribution >= 4 is 6.16 Å². The largest absolute Gasteiger partial charge is 0.509 e. The summed E-state index contributed by atoms with van der Waals surface area (Å²) >= 11 is 0. The first-order chi connectivity index (χ1) is 6.77. The van der Waals surface area contributed by atoms with Crippen LogP contribution in [0.15, 0.2) is 0 Å². The standard InChI is InChI=1S/C11H18O3/c1-2-11(8-13-10(12)14-11)9-6-4-3-5-7-9/h9H,2-8H2,1H3. The lowest BCUT2D eigenvalue weighted by molar-refractivity contribution is -0.0123. The van der Waals surface area contributed by atoms with Crippen LogP contribution in [-0.4, -0.2) is 18.4 Å². The Morgan fingerprint density at radius 3 is 2.57 bits per heavy atom. The molecule has 2 rings (SSSR count). The van der Waals surface area contributed by atoms with Gasteiger partial charge in [-0.05, 0) is 19.3 Å². The van der Waals surface area contributed by atoms with E-state index in [0.29, 0.717) is 12.5 Å². The molecule has 0 spiro atoms. The molecule has 0 bridgehead atoms. The minimum absolute atomic E-state index is 0.294. The third kappa shape index (κ3) is 1.60. The molecule has 1 unspecified atom stereocenters. The molecule has 3 nitrogen and oxygen atoms in total. The van der Waals surface area contributed by atoms with Gasteiger partial charge in [0.25, 0.3) is 0 Å². The molecule has 1 aliphatic carbocycles. The van der Waals surface area contributed by atoms with E-state index in [4.69, 9.17) is 9.47 Å². The Bertz CT molecular complexity index is 221. The van der Waals surface area contributed by atoms with Gasteiger partial charge in [-0.25, -0.2) is 4.79 Å². The van der Waals surface area contributed by atoms with Gasteiger partial charge in [0, 0.05) is 5.92 Å². The van der Waals surface area contributed by atoms with Crippen LogP contribution in [0.25, 0.3) is 0 Å². The topological polar surface area (TPSA) is 35.5 Å². The SMILES string of the molecule is CCC1(C2CCCCC2)COC(=O)O1. The Morgan fingerprint density at radius 1 is 1.36 bits per heavy atom. The summed E-state index contributed by atoms with van der Waals surface area (Å²) in [5, 5.41) is 0. The van der Waals surface area contributed by atoms with Crippen molar-refractivity contribution < 1.29 is 14.3 Å². The second-order valence-electron chi connectivity index (χ2n) is 4.39. The summed E-state index contributed by atoms with van der Waals surface area (Å²) in [4.78, 5) is 11.0. The highest BCUT2D eigenvalue weighted by Gasteiger charge is 2.47. The van der Waals surface area contributed by atoms with Gasteiger partial charge in [-0.2, -0.15) is 0 Å². The van der Waals surface area contributed by atoms with E-state index >= 15 is 0 Å². The van der Waals surface area contributed by atoms with E-state index in [9.17, 15) is 4.79 Å². The molecule has 3 heteroatoms. The molecule has 0 aromatic heterocycles. The summed E-state index contributed by atoms with van der Waals surface area (Å²) in [7, 11) is 0. The van der Waals surface area contributed by atoms with Crippen LogP contribution in [0.4, 0.5) is 4.79 Å². The summed E-state index contributed by atoms with van der Waals surface area (Å²) in [6.45, 7) is 2.55. The molecular weight excluding hydrogens is 180 g/mol. The van der Waals surface area contributed by atoms with Gasteiger partial charge in [0.05, 0.1) is 0 Å². The smallest absolute Gasteiger partial charge is 0.430 e. The third-order valence-electron chi connectivity index (χ3n) is 3.67. The highest BCUT2D eigenvalue weighted by molar-refractivity contribution is 5.62. The summed E-state index contributed by atoms with van der Waals surface area (Å²) in [5.74, 6) is 0.521. The van der Waals surface area contributed by atoms with Crippen LogP contribution in [0.3, 0.4) is 0 Å². The maximum Gasteiger partial charge on any atom is 0.509 e. The first-order valence-corrected chi connectivity index (χ1v) is 5.62. The Morgan fingerprint density at radius 2 is 2.07 bits per heavy atom. The van der Waals surface area contributed by atoms with E-state index in [-0.39, 0.29) is 5.60 Å². The van der Waals surface area contributed by atoms with Crippen LogP contribution in [0.1, 0.15) is 45.4 Å². The molecule has 0 N–H and O–H groups in total. The van der Waals surface area contributed by atoms with Crippen molar-refractivity contribution in [2.75, 3.05) is 6.61 Å². The zero-order chi connectivity index (χ0) is 10.0. The van der Waals surface area contributed by atoms with Gasteiger partial charge < -0.3 is 9.47 Å². The van der Waals surface area contributed by atoms with E-state index in [1.807, 2.05) is 0 Å². The normalized spacial score (nSPS) is 33.9. The van der Waals surface area contributed by atoms with Crippen LogP contribution < -0.4 is 0 Å². The number of hydrogen-bond acceptors (Lipinski definition) is 3. The number of hydrogen-bond donors (Lipinski definition) is 0. The lowest BCUT2D eigenvalue weighted by atomic mass is 9.76. The molecule has 80 valence electrons. The van der Waals surface area contributed by atoms with Crippen molar-refractivity contribution in [1.82, 2.24) is 0 Å². The van der Waals surface area contributed by atoms with Crippen LogP contribution in [0.5, 0.6) is 0 Å². The molecule has 0 radical (unpaired) electrons. The van der Waals surface area contributed by atoms with Crippen LogP contribution in [0, 0.1) is 5.92 Å². The van der Waals surface area contributed by atoms with Crippen LogP contribution >= 0.6 is 0 Å².